The maximum Gasteiger partial charge on any atom is 0.0231 e. The molecule has 0 bridgehead atoms. The Balaban J connectivity index is 2.04. The van der Waals surface area contributed by atoms with Gasteiger partial charge in [-0.15, -0.1) is 0 Å². The largest absolute Gasteiger partial charge is 0.314 e. The molecule has 1 aliphatic rings. The second kappa shape index (κ2) is 6.84. The molecule has 1 aliphatic heterocycles. The third-order valence-electron chi connectivity index (χ3n) is 2.85. The summed E-state index contributed by atoms with van der Waals surface area (Å²) in [5.74, 6) is 1.28. The molecule has 4 heteroatoms. The van der Waals surface area contributed by atoms with Gasteiger partial charge in [-0.3, -0.25) is 4.90 Å². The van der Waals surface area contributed by atoms with Crippen molar-refractivity contribution >= 4 is 11.8 Å². The summed E-state index contributed by atoms with van der Waals surface area (Å²) in [6.07, 6.45) is 0. The van der Waals surface area contributed by atoms with Crippen LogP contribution < -0.4 is 5.32 Å². The van der Waals surface area contributed by atoms with Crippen LogP contribution >= 0.6 is 11.8 Å². The van der Waals surface area contributed by atoms with Crippen LogP contribution in [-0.4, -0.2) is 73.7 Å². The summed E-state index contributed by atoms with van der Waals surface area (Å²) in [6, 6.07) is 0. The first-order valence-corrected chi connectivity index (χ1v) is 7.20. The van der Waals surface area contributed by atoms with Crippen molar-refractivity contribution in [3.05, 3.63) is 0 Å². The Morgan fingerprint density at radius 2 is 2.06 bits per heavy atom. The van der Waals surface area contributed by atoms with E-state index in [2.05, 4.69) is 54.8 Å². The molecule has 0 aliphatic carbocycles. The van der Waals surface area contributed by atoms with E-state index in [0.29, 0.717) is 4.75 Å². The molecule has 0 aromatic heterocycles. The van der Waals surface area contributed by atoms with E-state index in [1.807, 2.05) is 0 Å². The van der Waals surface area contributed by atoms with Crippen molar-refractivity contribution in [2.75, 3.05) is 59.1 Å². The van der Waals surface area contributed by atoms with Gasteiger partial charge < -0.3 is 10.2 Å². The monoisotopic (exact) mass is 245 g/mol. The SMILES string of the molecule is CN(C)CCNCCN1CCSC(C)(C)C1. The Morgan fingerprint density at radius 3 is 2.69 bits per heavy atom. The van der Waals surface area contributed by atoms with Crippen LogP contribution in [0, 0.1) is 0 Å². The number of hydrogen-bond acceptors (Lipinski definition) is 4. The highest BCUT2D eigenvalue weighted by Gasteiger charge is 2.26. The minimum atomic E-state index is 0.446. The fourth-order valence-electron chi connectivity index (χ4n) is 1.97. The quantitative estimate of drug-likeness (QED) is 0.703. The van der Waals surface area contributed by atoms with Crippen LogP contribution in [0.3, 0.4) is 0 Å². The highest BCUT2D eigenvalue weighted by Crippen LogP contribution is 2.28. The van der Waals surface area contributed by atoms with Gasteiger partial charge in [0.05, 0.1) is 0 Å². The minimum absolute atomic E-state index is 0.446. The topological polar surface area (TPSA) is 18.5 Å². The Hall–Kier alpha value is 0.230. The lowest BCUT2D eigenvalue weighted by atomic mass is 10.2. The summed E-state index contributed by atoms with van der Waals surface area (Å²) in [4.78, 5) is 4.80. The highest BCUT2D eigenvalue weighted by molar-refractivity contribution is 8.00. The maximum atomic E-state index is 3.50. The summed E-state index contributed by atoms with van der Waals surface area (Å²) >= 11 is 2.10. The van der Waals surface area contributed by atoms with E-state index in [1.165, 1.54) is 25.4 Å². The summed E-state index contributed by atoms with van der Waals surface area (Å²) < 4.78 is 0.446. The van der Waals surface area contributed by atoms with Crippen LogP contribution in [0.15, 0.2) is 0 Å². The van der Waals surface area contributed by atoms with Crippen LogP contribution in [0.1, 0.15) is 13.8 Å². The first kappa shape index (κ1) is 14.3. The Kier molecular flexibility index (Phi) is 6.11. The summed E-state index contributed by atoms with van der Waals surface area (Å²) in [5.41, 5.74) is 0. The smallest absolute Gasteiger partial charge is 0.0231 e. The molecule has 0 amide bonds. The molecule has 1 saturated heterocycles. The number of thioether (sulfide) groups is 1. The van der Waals surface area contributed by atoms with E-state index >= 15 is 0 Å². The standard InChI is InChI=1S/C12H27N3S/c1-12(2)11-15(9-10-16-12)8-6-13-5-7-14(3)4/h13H,5-11H2,1-4H3. The van der Waals surface area contributed by atoms with Crippen LogP contribution in [0.2, 0.25) is 0 Å². The first-order valence-electron chi connectivity index (χ1n) is 6.21. The van der Waals surface area contributed by atoms with Gasteiger partial charge in [-0.1, -0.05) is 0 Å². The van der Waals surface area contributed by atoms with E-state index in [4.69, 9.17) is 0 Å². The minimum Gasteiger partial charge on any atom is -0.314 e. The van der Waals surface area contributed by atoms with Gasteiger partial charge >= 0.3 is 0 Å². The molecule has 1 N–H and O–H groups in total. The van der Waals surface area contributed by atoms with Gasteiger partial charge in [-0.25, -0.2) is 0 Å². The predicted molar refractivity (Wildman–Crippen MR) is 74.4 cm³/mol. The van der Waals surface area contributed by atoms with Crippen molar-refractivity contribution in [3.63, 3.8) is 0 Å². The zero-order chi connectivity index (χ0) is 12.0. The molecule has 1 fully saturated rings. The van der Waals surface area contributed by atoms with Crippen molar-refractivity contribution in [3.8, 4) is 0 Å². The number of hydrogen-bond donors (Lipinski definition) is 1. The molecule has 0 saturated carbocycles. The van der Waals surface area contributed by atoms with E-state index < -0.39 is 0 Å². The number of nitrogens with zero attached hydrogens (tertiary/aromatic N) is 2. The van der Waals surface area contributed by atoms with Crippen LogP contribution in [-0.2, 0) is 0 Å². The molecule has 0 atom stereocenters. The van der Waals surface area contributed by atoms with Gasteiger partial charge in [-0.05, 0) is 27.9 Å². The molecule has 0 spiro atoms. The lowest BCUT2D eigenvalue weighted by Crippen LogP contribution is -2.45. The molecule has 96 valence electrons. The molecular weight excluding hydrogens is 218 g/mol. The summed E-state index contributed by atoms with van der Waals surface area (Å²) in [7, 11) is 4.23. The number of nitrogens with one attached hydrogen (secondary N) is 1. The van der Waals surface area contributed by atoms with Crippen molar-refractivity contribution in [2.24, 2.45) is 0 Å². The molecular formula is C12H27N3S. The van der Waals surface area contributed by atoms with Crippen molar-refractivity contribution < 1.29 is 0 Å². The van der Waals surface area contributed by atoms with Gasteiger partial charge in [0.15, 0.2) is 0 Å². The molecule has 1 heterocycles. The average Bonchev–Trinajstić information content (AvgIpc) is 2.15. The fraction of sp³-hybridized carbons (Fsp3) is 1.00. The number of rotatable bonds is 6. The Bertz CT molecular complexity index is 195. The van der Waals surface area contributed by atoms with Crippen molar-refractivity contribution in [1.29, 1.82) is 0 Å². The van der Waals surface area contributed by atoms with Gasteiger partial charge in [0.1, 0.15) is 0 Å². The maximum absolute atomic E-state index is 3.50. The lowest BCUT2D eigenvalue weighted by molar-refractivity contribution is 0.259. The molecule has 0 unspecified atom stereocenters. The molecule has 0 aromatic rings. The van der Waals surface area contributed by atoms with E-state index in [9.17, 15) is 0 Å². The molecule has 3 nitrogen and oxygen atoms in total. The molecule has 1 rings (SSSR count). The Morgan fingerprint density at radius 1 is 1.31 bits per heavy atom. The molecule has 0 aromatic carbocycles. The third-order valence-corrected chi connectivity index (χ3v) is 4.14. The van der Waals surface area contributed by atoms with Gasteiger partial charge in [0, 0.05) is 49.8 Å². The predicted octanol–water partition coefficient (Wildman–Crippen LogP) is 0.965. The first-order chi connectivity index (χ1) is 7.49. The third kappa shape index (κ3) is 6.09. The highest BCUT2D eigenvalue weighted by atomic mass is 32.2. The fourth-order valence-corrected chi connectivity index (χ4v) is 3.15. The van der Waals surface area contributed by atoms with E-state index in [1.54, 1.807) is 0 Å². The number of likely N-dealkylation sites (N-methyl/N-ethyl adjacent to an activating group) is 1. The molecule has 16 heavy (non-hydrogen) atoms. The Labute approximate surface area is 105 Å². The normalized spacial score (nSPS) is 21.6. The lowest BCUT2D eigenvalue weighted by Gasteiger charge is -2.37. The van der Waals surface area contributed by atoms with E-state index in [0.717, 1.165) is 19.6 Å². The second-order valence-corrected chi connectivity index (χ2v) is 7.24. The van der Waals surface area contributed by atoms with Gasteiger partial charge in [0.2, 0.25) is 0 Å². The van der Waals surface area contributed by atoms with Crippen LogP contribution in [0.4, 0.5) is 0 Å². The zero-order valence-corrected chi connectivity index (χ0v) is 12.1. The average molecular weight is 245 g/mol. The van der Waals surface area contributed by atoms with E-state index in [-0.39, 0.29) is 0 Å². The van der Waals surface area contributed by atoms with Gasteiger partial charge in [-0.2, -0.15) is 11.8 Å². The van der Waals surface area contributed by atoms with Crippen molar-refractivity contribution in [2.45, 2.75) is 18.6 Å². The summed E-state index contributed by atoms with van der Waals surface area (Å²) in [6.45, 7) is 11.7. The summed E-state index contributed by atoms with van der Waals surface area (Å²) in [5, 5.41) is 3.50. The zero-order valence-electron chi connectivity index (χ0n) is 11.3. The van der Waals surface area contributed by atoms with Crippen LogP contribution in [0.25, 0.3) is 0 Å². The van der Waals surface area contributed by atoms with Gasteiger partial charge in [0.25, 0.3) is 0 Å². The van der Waals surface area contributed by atoms with Crippen LogP contribution in [0.5, 0.6) is 0 Å². The molecule has 0 radical (unpaired) electrons. The van der Waals surface area contributed by atoms with Crippen molar-refractivity contribution in [1.82, 2.24) is 15.1 Å². The second-order valence-electron chi connectivity index (χ2n) is 5.44.